The smallest absolute Gasteiger partial charge is 0.251 e. The highest BCUT2D eigenvalue weighted by Crippen LogP contribution is 2.36. The number of fused-ring (bicyclic) bond motifs is 1. The van der Waals surface area contributed by atoms with Crippen LogP contribution in [-0.2, 0) is 10.0 Å². The first-order valence-electron chi connectivity index (χ1n) is 11.4. The van der Waals surface area contributed by atoms with Gasteiger partial charge >= 0.3 is 0 Å². The van der Waals surface area contributed by atoms with Crippen LogP contribution in [0, 0.1) is 0 Å². The van der Waals surface area contributed by atoms with Gasteiger partial charge in [-0.3, -0.25) is 9.89 Å². The molecule has 0 saturated carbocycles. The highest BCUT2D eigenvalue weighted by molar-refractivity contribution is 7.89. The van der Waals surface area contributed by atoms with Crippen LogP contribution in [0.3, 0.4) is 0 Å². The van der Waals surface area contributed by atoms with Crippen molar-refractivity contribution in [3.63, 3.8) is 0 Å². The van der Waals surface area contributed by atoms with Crippen molar-refractivity contribution in [2.24, 2.45) is 5.73 Å². The Balaban J connectivity index is 1.43. The number of benzene rings is 3. The maximum Gasteiger partial charge on any atom is 0.251 e. The third-order valence-corrected chi connectivity index (χ3v) is 8.53. The molecule has 1 saturated heterocycles. The number of aromatic amines is 1. The zero-order valence-corrected chi connectivity index (χ0v) is 20.1. The number of piperidine rings is 1. The molecule has 2 heterocycles. The molecule has 8 nitrogen and oxygen atoms in total. The van der Waals surface area contributed by atoms with E-state index in [-0.39, 0.29) is 10.8 Å². The van der Waals surface area contributed by atoms with Crippen LogP contribution in [0.1, 0.15) is 34.8 Å². The molecule has 5 rings (SSSR count). The van der Waals surface area contributed by atoms with Crippen LogP contribution in [0.5, 0.6) is 5.75 Å². The summed E-state index contributed by atoms with van der Waals surface area (Å²) in [6.07, 6.45) is 1.27. The van der Waals surface area contributed by atoms with E-state index < -0.39 is 15.9 Å². The monoisotopic (exact) mass is 490 g/mol. The van der Waals surface area contributed by atoms with Gasteiger partial charge in [-0.2, -0.15) is 9.40 Å². The van der Waals surface area contributed by atoms with Crippen LogP contribution in [0.25, 0.3) is 22.0 Å². The standard InChI is InChI=1S/C26H26N4O4S/c1-34-20-7-9-21(10-8-20)35(32,33)30-13-11-18(12-14-30)24-22-15-19(17-5-3-2-4-6-17)16-23(26(27)31)25(22)29-28-24/h2-10,15-16,18H,11-14H2,1H3,(H2,27,31)(H,28,29). The summed E-state index contributed by atoms with van der Waals surface area (Å²) >= 11 is 0. The van der Waals surface area contributed by atoms with Crippen LogP contribution in [-0.4, -0.2) is 49.0 Å². The van der Waals surface area contributed by atoms with Crippen molar-refractivity contribution in [3.8, 4) is 16.9 Å². The first-order valence-corrected chi connectivity index (χ1v) is 12.8. The molecule has 9 heteroatoms. The van der Waals surface area contributed by atoms with E-state index in [1.807, 2.05) is 36.4 Å². The van der Waals surface area contributed by atoms with Crippen molar-refractivity contribution in [2.75, 3.05) is 20.2 Å². The molecule has 1 amide bonds. The molecule has 180 valence electrons. The second-order valence-electron chi connectivity index (χ2n) is 8.64. The number of nitrogens with two attached hydrogens (primary N) is 1. The van der Waals surface area contributed by atoms with Crippen molar-refractivity contribution in [3.05, 3.63) is 78.0 Å². The number of methoxy groups -OCH3 is 1. The molecule has 35 heavy (non-hydrogen) atoms. The van der Waals surface area contributed by atoms with Crippen molar-refractivity contribution >= 4 is 26.8 Å². The van der Waals surface area contributed by atoms with Gasteiger partial charge in [0.05, 0.1) is 17.6 Å². The average Bonchev–Trinajstić information content (AvgIpc) is 3.32. The molecular weight excluding hydrogens is 464 g/mol. The van der Waals surface area contributed by atoms with Gasteiger partial charge in [0.15, 0.2) is 0 Å². The van der Waals surface area contributed by atoms with E-state index in [1.165, 1.54) is 4.31 Å². The molecule has 0 unspecified atom stereocenters. The zero-order valence-electron chi connectivity index (χ0n) is 19.3. The summed E-state index contributed by atoms with van der Waals surface area (Å²) in [5, 5.41) is 8.37. The lowest BCUT2D eigenvalue weighted by molar-refractivity contribution is 0.100. The lowest BCUT2D eigenvalue weighted by Gasteiger charge is -2.31. The van der Waals surface area contributed by atoms with Crippen LogP contribution in [0.15, 0.2) is 71.6 Å². The Morgan fingerprint density at radius 1 is 1.03 bits per heavy atom. The number of hydrogen-bond acceptors (Lipinski definition) is 5. The molecule has 3 N–H and O–H groups in total. The number of sulfonamides is 1. The van der Waals surface area contributed by atoms with E-state index in [0.717, 1.165) is 22.2 Å². The number of primary amides is 1. The summed E-state index contributed by atoms with van der Waals surface area (Å²) in [5.41, 5.74) is 9.35. The predicted octanol–water partition coefficient (Wildman–Crippen LogP) is 3.91. The number of rotatable bonds is 6. The third-order valence-electron chi connectivity index (χ3n) is 6.62. The Bertz CT molecular complexity index is 1470. The number of amides is 1. The quantitative estimate of drug-likeness (QED) is 0.425. The van der Waals surface area contributed by atoms with Gasteiger partial charge in [0.25, 0.3) is 5.91 Å². The van der Waals surface area contributed by atoms with Crippen LogP contribution < -0.4 is 10.5 Å². The minimum atomic E-state index is -3.59. The molecule has 0 atom stereocenters. The molecule has 4 aromatic rings. The minimum Gasteiger partial charge on any atom is -0.497 e. The summed E-state index contributed by atoms with van der Waals surface area (Å²) in [7, 11) is -2.05. The van der Waals surface area contributed by atoms with Gasteiger partial charge in [0.1, 0.15) is 11.3 Å². The van der Waals surface area contributed by atoms with Crippen molar-refractivity contribution < 1.29 is 17.9 Å². The van der Waals surface area contributed by atoms with Crippen LogP contribution in [0.4, 0.5) is 0 Å². The number of carbonyl (C=O) groups is 1. The maximum absolute atomic E-state index is 13.1. The highest BCUT2D eigenvalue weighted by Gasteiger charge is 2.31. The fourth-order valence-electron chi connectivity index (χ4n) is 4.71. The van der Waals surface area contributed by atoms with E-state index >= 15 is 0 Å². The van der Waals surface area contributed by atoms with Gasteiger partial charge in [0.2, 0.25) is 10.0 Å². The second-order valence-corrected chi connectivity index (χ2v) is 10.6. The van der Waals surface area contributed by atoms with Crippen molar-refractivity contribution in [1.29, 1.82) is 0 Å². The van der Waals surface area contributed by atoms with E-state index in [4.69, 9.17) is 10.5 Å². The summed E-state index contributed by atoms with van der Waals surface area (Å²) < 4.78 is 32.9. The Morgan fingerprint density at radius 2 is 1.71 bits per heavy atom. The number of H-pyrrole nitrogens is 1. The van der Waals surface area contributed by atoms with Crippen LogP contribution >= 0.6 is 0 Å². The Kier molecular flexibility index (Phi) is 6.04. The topological polar surface area (TPSA) is 118 Å². The SMILES string of the molecule is COc1ccc(S(=O)(=O)N2CCC(c3[nH]nc4c(C(N)=O)cc(-c5ccccc5)cc34)CC2)cc1. The van der Waals surface area contributed by atoms with E-state index in [1.54, 1.807) is 37.4 Å². The van der Waals surface area contributed by atoms with Gasteiger partial charge in [-0.15, -0.1) is 0 Å². The molecule has 0 radical (unpaired) electrons. The Labute approximate surface area is 203 Å². The molecule has 0 aliphatic carbocycles. The molecule has 1 aliphatic rings. The predicted molar refractivity (Wildman–Crippen MR) is 134 cm³/mol. The molecule has 0 bridgehead atoms. The number of carbonyl (C=O) groups excluding carboxylic acids is 1. The molecule has 1 aromatic heterocycles. The largest absolute Gasteiger partial charge is 0.497 e. The van der Waals surface area contributed by atoms with Crippen molar-refractivity contribution in [1.82, 2.24) is 14.5 Å². The average molecular weight is 491 g/mol. The summed E-state index contributed by atoms with van der Waals surface area (Å²) in [5.74, 6) is 0.152. The Hall–Kier alpha value is -3.69. The maximum atomic E-state index is 13.1. The van der Waals surface area contributed by atoms with Crippen LogP contribution in [0.2, 0.25) is 0 Å². The number of nitrogens with one attached hydrogen (secondary N) is 1. The van der Waals surface area contributed by atoms with Gasteiger partial charge in [-0.1, -0.05) is 30.3 Å². The lowest BCUT2D eigenvalue weighted by Crippen LogP contribution is -2.38. The first kappa shape index (κ1) is 23.1. The lowest BCUT2D eigenvalue weighted by atomic mass is 9.90. The number of nitrogens with zero attached hydrogens (tertiary/aromatic N) is 2. The van der Waals surface area contributed by atoms with E-state index in [9.17, 15) is 13.2 Å². The van der Waals surface area contributed by atoms with Crippen molar-refractivity contribution in [2.45, 2.75) is 23.7 Å². The Morgan fingerprint density at radius 3 is 2.34 bits per heavy atom. The summed E-state index contributed by atoms with van der Waals surface area (Å²) in [4.78, 5) is 12.5. The third kappa shape index (κ3) is 4.28. The number of ether oxygens (including phenoxy) is 1. The fraction of sp³-hybridized carbons (Fsp3) is 0.231. The number of hydrogen-bond donors (Lipinski definition) is 2. The summed E-state index contributed by atoms with van der Waals surface area (Å²) in [6.45, 7) is 0.779. The second kappa shape index (κ2) is 9.16. The van der Waals surface area contributed by atoms with Gasteiger partial charge in [-0.25, -0.2) is 8.42 Å². The molecule has 1 fully saturated rings. The summed E-state index contributed by atoms with van der Waals surface area (Å²) in [6, 6.07) is 20.0. The van der Waals surface area contributed by atoms with E-state index in [2.05, 4.69) is 10.2 Å². The molecule has 0 spiro atoms. The molecular formula is C26H26N4O4S. The minimum absolute atomic E-state index is 0.0778. The molecule has 3 aromatic carbocycles. The zero-order chi connectivity index (χ0) is 24.6. The number of aromatic nitrogens is 2. The van der Waals surface area contributed by atoms with Gasteiger partial charge in [-0.05, 0) is 60.4 Å². The first-order chi connectivity index (χ1) is 16.9. The van der Waals surface area contributed by atoms with Gasteiger partial charge < -0.3 is 10.5 Å². The van der Waals surface area contributed by atoms with E-state index in [0.29, 0.717) is 42.8 Å². The fourth-order valence-corrected chi connectivity index (χ4v) is 6.18. The molecule has 1 aliphatic heterocycles. The highest BCUT2D eigenvalue weighted by atomic mass is 32.2. The van der Waals surface area contributed by atoms with Gasteiger partial charge in [0, 0.05) is 30.1 Å². The normalized spacial score (nSPS) is 15.3.